The normalized spacial score (nSPS) is 11.6. The average molecular weight is 654 g/mol. The SMILES string of the molecule is c1ccc(-c2nc(Cc3cc(-n4c5ccccc5c5ccccc54)ccc3-n3c4ccccc4c4ccccc43)nc(-c3ccccc3)n2)cc1. The molecule has 51 heavy (non-hydrogen) atoms. The highest BCUT2D eigenvalue weighted by atomic mass is 15.0. The van der Waals surface area contributed by atoms with Crippen molar-refractivity contribution < 1.29 is 0 Å². The van der Waals surface area contributed by atoms with Gasteiger partial charge >= 0.3 is 0 Å². The molecule has 0 amide bonds. The molecule has 0 spiro atoms. The fraction of sp³-hybridized carbons (Fsp3) is 0.0217. The molecule has 0 bridgehead atoms. The molecular formula is C46H31N5. The Morgan fingerprint density at radius 3 is 1.25 bits per heavy atom. The van der Waals surface area contributed by atoms with E-state index in [0.717, 1.165) is 39.1 Å². The lowest BCUT2D eigenvalue weighted by molar-refractivity contribution is 0.923. The van der Waals surface area contributed by atoms with Crippen molar-refractivity contribution in [2.24, 2.45) is 0 Å². The Hall–Kier alpha value is -6.85. The Morgan fingerprint density at radius 1 is 0.373 bits per heavy atom. The summed E-state index contributed by atoms with van der Waals surface area (Å²) in [4.78, 5) is 15.2. The average Bonchev–Trinajstić information content (AvgIpc) is 3.72. The van der Waals surface area contributed by atoms with Crippen LogP contribution in [0.2, 0.25) is 0 Å². The van der Waals surface area contributed by atoms with E-state index in [0.29, 0.717) is 23.9 Å². The van der Waals surface area contributed by atoms with Crippen molar-refractivity contribution in [3.63, 3.8) is 0 Å². The van der Waals surface area contributed by atoms with Crippen LogP contribution in [-0.2, 0) is 6.42 Å². The Labute approximate surface area is 294 Å². The maximum atomic E-state index is 5.13. The number of benzene rings is 7. The molecule has 0 unspecified atom stereocenters. The van der Waals surface area contributed by atoms with E-state index in [1.807, 2.05) is 36.4 Å². The number of fused-ring (bicyclic) bond motifs is 6. The molecule has 0 saturated heterocycles. The van der Waals surface area contributed by atoms with Crippen LogP contribution in [0.1, 0.15) is 11.4 Å². The van der Waals surface area contributed by atoms with E-state index in [2.05, 4.69) is 149 Å². The summed E-state index contributed by atoms with van der Waals surface area (Å²) in [6.07, 6.45) is 0.503. The third kappa shape index (κ3) is 4.90. The van der Waals surface area contributed by atoms with Gasteiger partial charge in [0.1, 0.15) is 5.82 Å². The summed E-state index contributed by atoms with van der Waals surface area (Å²) >= 11 is 0. The number of aromatic nitrogens is 5. The van der Waals surface area contributed by atoms with Crippen LogP contribution in [0.15, 0.2) is 176 Å². The summed E-state index contributed by atoms with van der Waals surface area (Å²) in [6, 6.07) is 61.8. The number of nitrogens with zero attached hydrogens (tertiary/aromatic N) is 5. The smallest absolute Gasteiger partial charge is 0.163 e. The Balaban J connectivity index is 1.24. The van der Waals surface area contributed by atoms with Crippen LogP contribution in [0.3, 0.4) is 0 Å². The van der Waals surface area contributed by atoms with Crippen molar-refractivity contribution in [2.75, 3.05) is 0 Å². The molecule has 10 rings (SSSR count). The van der Waals surface area contributed by atoms with Crippen molar-refractivity contribution in [3.8, 4) is 34.2 Å². The Morgan fingerprint density at radius 2 is 0.784 bits per heavy atom. The molecule has 10 aromatic rings. The predicted octanol–water partition coefficient (Wildman–Crippen LogP) is 11.0. The fourth-order valence-corrected chi connectivity index (χ4v) is 7.56. The second-order valence-corrected chi connectivity index (χ2v) is 12.9. The largest absolute Gasteiger partial charge is 0.309 e. The molecule has 0 aliphatic heterocycles. The van der Waals surface area contributed by atoms with E-state index in [1.54, 1.807) is 0 Å². The van der Waals surface area contributed by atoms with E-state index < -0.39 is 0 Å². The number of hydrogen-bond donors (Lipinski definition) is 0. The first-order valence-electron chi connectivity index (χ1n) is 17.3. The molecular weight excluding hydrogens is 623 g/mol. The van der Waals surface area contributed by atoms with E-state index in [4.69, 9.17) is 15.0 Å². The van der Waals surface area contributed by atoms with Crippen molar-refractivity contribution in [1.82, 2.24) is 24.1 Å². The molecule has 0 aliphatic carbocycles. The zero-order valence-corrected chi connectivity index (χ0v) is 27.7. The molecule has 0 fully saturated rings. The van der Waals surface area contributed by atoms with Crippen molar-refractivity contribution in [3.05, 3.63) is 187 Å². The zero-order chi connectivity index (χ0) is 33.7. The fourth-order valence-electron chi connectivity index (χ4n) is 7.56. The maximum Gasteiger partial charge on any atom is 0.163 e. The molecule has 0 aliphatic rings. The van der Waals surface area contributed by atoms with E-state index in [1.165, 1.54) is 32.6 Å². The molecule has 0 atom stereocenters. The monoisotopic (exact) mass is 653 g/mol. The number of rotatable bonds is 6. The number of hydrogen-bond acceptors (Lipinski definition) is 3. The molecule has 0 N–H and O–H groups in total. The van der Waals surface area contributed by atoms with Crippen LogP contribution in [0.4, 0.5) is 0 Å². The van der Waals surface area contributed by atoms with Gasteiger partial charge in [-0.3, -0.25) is 0 Å². The van der Waals surface area contributed by atoms with Gasteiger partial charge in [0.25, 0.3) is 0 Å². The minimum atomic E-state index is 0.503. The van der Waals surface area contributed by atoms with Crippen LogP contribution in [0.25, 0.3) is 77.8 Å². The quantitative estimate of drug-likeness (QED) is 0.179. The van der Waals surface area contributed by atoms with Crippen LogP contribution in [-0.4, -0.2) is 24.1 Å². The summed E-state index contributed by atoms with van der Waals surface area (Å²) in [5.74, 6) is 2.04. The third-order valence-electron chi connectivity index (χ3n) is 9.82. The Bertz CT molecular complexity index is 2720. The maximum absolute atomic E-state index is 5.13. The van der Waals surface area contributed by atoms with Gasteiger partial charge in [0.15, 0.2) is 11.6 Å². The topological polar surface area (TPSA) is 48.5 Å². The standard InChI is InChI=1S/C46H31N5/c1-3-15-31(16-4-1)45-47-44(48-46(49-45)32-17-5-2-6-18-32)30-33-29-34(50-40-23-11-7-19-35(40)36-20-8-12-24-41(36)50)27-28-39(33)51-42-25-13-9-21-37(42)38-22-10-14-26-43(38)51/h1-29H,30H2. The summed E-state index contributed by atoms with van der Waals surface area (Å²) < 4.78 is 4.77. The molecule has 5 nitrogen and oxygen atoms in total. The molecule has 0 saturated carbocycles. The van der Waals surface area contributed by atoms with Gasteiger partial charge in [0, 0.05) is 50.5 Å². The van der Waals surface area contributed by atoms with Gasteiger partial charge in [-0.2, -0.15) is 0 Å². The van der Waals surface area contributed by atoms with Gasteiger partial charge in [-0.1, -0.05) is 133 Å². The second kappa shape index (κ2) is 11.9. The molecule has 3 heterocycles. The van der Waals surface area contributed by atoms with Crippen LogP contribution in [0, 0.1) is 0 Å². The third-order valence-corrected chi connectivity index (χ3v) is 9.82. The summed E-state index contributed by atoms with van der Waals surface area (Å²) in [6.45, 7) is 0. The van der Waals surface area contributed by atoms with Crippen molar-refractivity contribution in [1.29, 1.82) is 0 Å². The van der Waals surface area contributed by atoms with Gasteiger partial charge in [0.05, 0.1) is 22.1 Å². The first-order valence-corrected chi connectivity index (χ1v) is 17.3. The minimum absolute atomic E-state index is 0.503. The van der Waals surface area contributed by atoms with Gasteiger partial charge in [0.2, 0.25) is 0 Å². The highest BCUT2D eigenvalue weighted by Gasteiger charge is 2.19. The molecule has 7 aromatic carbocycles. The van der Waals surface area contributed by atoms with Crippen LogP contribution >= 0.6 is 0 Å². The van der Waals surface area contributed by atoms with Crippen LogP contribution in [0.5, 0.6) is 0 Å². The first kappa shape index (κ1) is 29.1. The van der Waals surface area contributed by atoms with E-state index >= 15 is 0 Å². The van der Waals surface area contributed by atoms with Gasteiger partial charge in [-0.15, -0.1) is 0 Å². The molecule has 240 valence electrons. The van der Waals surface area contributed by atoms with E-state index in [9.17, 15) is 0 Å². The molecule has 3 aromatic heterocycles. The number of para-hydroxylation sites is 4. The zero-order valence-electron chi connectivity index (χ0n) is 27.7. The van der Waals surface area contributed by atoms with E-state index in [-0.39, 0.29) is 0 Å². The Kier molecular flexibility index (Phi) is 6.81. The lowest BCUT2D eigenvalue weighted by Gasteiger charge is -2.17. The highest BCUT2D eigenvalue weighted by Crippen LogP contribution is 2.37. The van der Waals surface area contributed by atoms with Gasteiger partial charge in [-0.25, -0.2) is 15.0 Å². The van der Waals surface area contributed by atoms with Gasteiger partial charge < -0.3 is 9.13 Å². The lowest BCUT2D eigenvalue weighted by atomic mass is 10.1. The molecule has 0 radical (unpaired) electrons. The molecule has 5 heteroatoms. The second-order valence-electron chi connectivity index (χ2n) is 12.9. The summed E-state index contributed by atoms with van der Waals surface area (Å²) in [5.41, 5.74) is 9.89. The summed E-state index contributed by atoms with van der Waals surface area (Å²) in [5, 5.41) is 4.92. The summed E-state index contributed by atoms with van der Waals surface area (Å²) in [7, 11) is 0. The van der Waals surface area contributed by atoms with Crippen molar-refractivity contribution in [2.45, 2.75) is 6.42 Å². The van der Waals surface area contributed by atoms with Crippen LogP contribution < -0.4 is 0 Å². The van der Waals surface area contributed by atoms with Gasteiger partial charge in [-0.05, 0) is 48.0 Å². The first-order chi connectivity index (χ1) is 25.3. The van der Waals surface area contributed by atoms with Crippen molar-refractivity contribution >= 4 is 43.6 Å². The lowest BCUT2D eigenvalue weighted by Crippen LogP contribution is -2.08. The minimum Gasteiger partial charge on any atom is -0.309 e. The highest BCUT2D eigenvalue weighted by molar-refractivity contribution is 6.10. The predicted molar refractivity (Wildman–Crippen MR) is 209 cm³/mol.